The number of benzene rings is 3. The largest absolute Gasteiger partial charge is 0.322 e. The van der Waals surface area contributed by atoms with Crippen LogP contribution in [0.4, 0.5) is 5.69 Å². The predicted octanol–water partition coefficient (Wildman–Crippen LogP) is 3.65. The number of imide groups is 1. The summed E-state index contributed by atoms with van der Waals surface area (Å²) in [6.45, 7) is 0.281. The van der Waals surface area contributed by atoms with E-state index < -0.39 is 5.91 Å². The van der Waals surface area contributed by atoms with Crippen molar-refractivity contribution in [2.24, 2.45) is 0 Å². The number of fused-ring (bicyclic) bond motifs is 1. The van der Waals surface area contributed by atoms with E-state index in [0.717, 1.165) is 5.56 Å². The van der Waals surface area contributed by atoms with Gasteiger partial charge in [-0.05, 0) is 54.4 Å². The Hall–Kier alpha value is -4.24. The Kier molecular flexibility index (Phi) is 5.10. The first-order valence-corrected chi connectivity index (χ1v) is 9.42. The number of hydrogen-bond acceptors (Lipinski definition) is 4. The van der Waals surface area contributed by atoms with Gasteiger partial charge in [-0.15, -0.1) is 0 Å². The molecular weight excluding hydrogens is 378 g/mol. The molecule has 4 rings (SSSR count). The van der Waals surface area contributed by atoms with Crippen LogP contribution in [0.2, 0.25) is 0 Å². The summed E-state index contributed by atoms with van der Waals surface area (Å²) < 4.78 is 0. The van der Waals surface area contributed by atoms with Crippen molar-refractivity contribution >= 4 is 23.4 Å². The van der Waals surface area contributed by atoms with Gasteiger partial charge in [-0.2, -0.15) is 5.26 Å². The van der Waals surface area contributed by atoms with Crippen molar-refractivity contribution in [1.82, 2.24) is 4.90 Å². The summed E-state index contributed by atoms with van der Waals surface area (Å²) in [5.74, 6) is -1.13. The lowest BCUT2D eigenvalue weighted by Gasteiger charge is -2.13. The number of rotatable bonds is 5. The Balaban J connectivity index is 1.49. The molecule has 0 saturated carbocycles. The number of anilines is 1. The summed E-state index contributed by atoms with van der Waals surface area (Å²) in [5.41, 5.74) is 2.89. The fourth-order valence-electron chi connectivity index (χ4n) is 3.35. The number of amides is 3. The molecule has 6 nitrogen and oxygen atoms in total. The number of carbonyl (C=O) groups excluding carboxylic acids is 3. The van der Waals surface area contributed by atoms with Gasteiger partial charge < -0.3 is 5.32 Å². The Morgan fingerprint density at radius 2 is 1.60 bits per heavy atom. The molecule has 1 heterocycles. The second-order valence-corrected chi connectivity index (χ2v) is 6.90. The van der Waals surface area contributed by atoms with Gasteiger partial charge in [0.05, 0.1) is 22.8 Å². The maximum atomic E-state index is 12.8. The first kappa shape index (κ1) is 19.1. The van der Waals surface area contributed by atoms with Gasteiger partial charge in [-0.3, -0.25) is 19.3 Å². The molecule has 1 N–H and O–H groups in total. The highest BCUT2D eigenvalue weighted by Gasteiger charge is 2.35. The Labute approximate surface area is 173 Å². The molecule has 0 bridgehead atoms. The van der Waals surface area contributed by atoms with E-state index in [4.69, 9.17) is 5.26 Å². The van der Waals surface area contributed by atoms with Crippen LogP contribution in [0.15, 0.2) is 72.8 Å². The van der Waals surface area contributed by atoms with E-state index in [0.29, 0.717) is 23.2 Å². The van der Waals surface area contributed by atoms with E-state index in [2.05, 4.69) is 5.32 Å². The summed E-state index contributed by atoms with van der Waals surface area (Å²) in [7, 11) is 0. The molecule has 146 valence electrons. The van der Waals surface area contributed by atoms with E-state index in [1.54, 1.807) is 24.3 Å². The molecule has 30 heavy (non-hydrogen) atoms. The van der Waals surface area contributed by atoms with E-state index >= 15 is 0 Å². The van der Waals surface area contributed by atoms with Crippen molar-refractivity contribution in [2.45, 2.75) is 6.42 Å². The fraction of sp³-hybridized carbons (Fsp3) is 0.0833. The van der Waals surface area contributed by atoms with Crippen molar-refractivity contribution < 1.29 is 14.4 Å². The fourth-order valence-corrected chi connectivity index (χ4v) is 3.35. The molecule has 0 atom stereocenters. The van der Waals surface area contributed by atoms with Crippen LogP contribution in [0, 0.1) is 11.3 Å². The molecule has 3 aromatic rings. The average Bonchev–Trinajstić information content (AvgIpc) is 3.02. The van der Waals surface area contributed by atoms with Gasteiger partial charge in [-0.1, -0.05) is 30.3 Å². The van der Waals surface area contributed by atoms with E-state index in [1.807, 2.05) is 36.4 Å². The molecule has 0 unspecified atom stereocenters. The molecule has 3 aromatic carbocycles. The van der Waals surface area contributed by atoms with Crippen LogP contribution in [-0.2, 0) is 6.42 Å². The summed E-state index contributed by atoms with van der Waals surface area (Å²) >= 11 is 0. The van der Waals surface area contributed by atoms with Gasteiger partial charge >= 0.3 is 0 Å². The summed E-state index contributed by atoms with van der Waals surface area (Å²) in [4.78, 5) is 39.2. The first-order chi connectivity index (χ1) is 14.6. The molecule has 3 amide bonds. The zero-order chi connectivity index (χ0) is 21.1. The van der Waals surface area contributed by atoms with E-state index in [-0.39, 0.29) is 29.5 Å². The van der Waals surface area contributed by atoms with Gasteiger partial charge in [0.25, 0.3) is 17.7 Å². The van der Waals surface area contributed by atoms with Gasteiger partial charge in [-0.25, -0.2) is 0 Å². The van der Waals surface area contributed by atoms with Crippen LogP contribution in [0.1, 0.15) is 42.2 Å². The van der Waals surface area contributed by atoms with Crippen molar-refractivity contribution in [3.63, 3.8) is 0 Å². The number of nitriles is 1. The van der Waals surface area contributed by atoms with Crippen LogP contribution >= 0.6 is 0 Å². The zero-order valence-corrected chi connectivity index (χ0v) is 16.0. The van der Waals surface area contributed by atoms with Crippen molar-refractivity contribution in [3.05, 3.63) is 101 Å². The van der Waals surface area contributed by atoms with Gasteiger partial charge in [0, 0.05) is 17.8 Å². The van der Waals surface area contributed by atoms with Gasteiger partial charge in [0.1, 0.15) is 0 Å². The van der Waals surface area contributed by atoms with Crippen molar-refractivity contribution in [3.8, 4) is 6.07 Å². The predicted molar refractivity (Wildman–Crippen MR) is 111 cm³/mol. The zero-order valence-electron chi connectivity index (χ0n) is 16.0. The van der Waals surface area contributed by atoms with Crippen molar-refractivity contribution in [1.29, 1.82) is 5.26 Å². The number of nitrogens with one attached hydrogen (secondary N) is 1. The minimum Gasteiger partial charge on any atom is -0.322 e. The Bertz CT molecular complexity index is 1180. The van der Waals surface area contributed by atoms with Crippen LogP contribution in [0.5, 0.6) is 0 Å². The maximum Gasteiger partial charge on any atom is 0.261 e. The lowest BCUT2D eigenvalue weighted by molar-refractivity contribution is 0.0656. The molecule has 1 aliphatic rings. The van der Waals surface area contributed by atoms with Gasteiger partial charge in [0.2, 0.25) is 0 Å². The van der Waals surface area contributed by atoms with Crippen LogP contribution < -0.4 is 5.32 Å². The third kappa shape index (κ3) is 3.69. The molecular formula is C24H17N3O3. The second kappa shape index (κ2) is 8.02. The lowest BCUT2D eigenvalue weighted by atomic mass is 10.1. The lowest BCUT2D eigenvalue weighted by Crippen LogP contribution is -2.31. The molecule has 0 aliphatic carbocycles. The Morgan fingerprint density at radius 3 is 2.30 bits per heavy atom. The van der Waals surface area contributed by atoms with Crippen molar-refractivity contribution in [2.75, 3.05) is 11.9 Å². The molecule has 0 fully saturated rings. The summed E-state index contributed by atoms with van der Waals surface area (Å²) in [6.07, 6.45) is 0.568. The van der Waals surface area contributed by atoms with Gasteiger partial charge in [0.15, 0.2) is 0 Å². The van der Waals surface area contributed by atoms with Crippen LogP contribution in [0.25, 0.3) is 0 Å². The minimum atomic E-state index is -0.398. The highest BCUT2D eigenvalue weighted by atomic mass is 16.2. The quantitative estimate of drug-likeness (QED) is 0.668. The Morgan fingerprint density at radius 1 is 0.900 bits per heavy atom. The SMILES string of the molecule is N#Cc1ccc(NC(=O)c2ccc3c(c2)C(=O)N(CCc2ccccc2)C3=O)cc1. The maximum absolute atomic E-state index is 12.8. The van der Waals surface area contributed by atoms with E-state index in [1.165, 1.54) is 23.1 Å². The highest BCUT2D eigenvalue weighted by molar-refractivity contribution is 6.22. The molecule has 6 heteroatoms. The average molecular weight is 395 g/mol. The number of carbonyl (C=O) groups is 3. The molecule has 0 spiro atoms. The molecule has 0 radical (unpaired) electrons. The topological polar surface area (TPSA) is 90.3 Å². The summed E-state index contributed by atoms with van der Waals surface area (Å²) in [5, 5.41) is 11.6. The monoisotopic (exact) mass is 395 g/mol. The van der Waals surface area contributed by atoms with E-state index in [9.17, 15) is 14.4 Å². The first-order valence-electron chi connectivity index (χ1n) is 9.42. The molecule has 0 saturated heterocycles. The normalized spacial score (nSPS) is 12.4. The number of nitrogens with zero attached hydrogens (tertiary/aromatic N) is 2. The molecule has 1 aliphatic heterocycles. The third-order valence-corrected chi connectivity index (χ3v) is 4.97. The molecule has 0 aromatic heterocycles. The number of hydrogen-bond donors (Lipinski definition) is 1. The van der Waals surface area contributed by atoms with Crippen LogP contribution in [0.3, 0.4) is 0 Å². The summed E-state index contributed by atoms with van der Waals surface area (Å²) in [6, 6.07) is 22.6. The smallest absolute Gasteiger partial charge is 0.261 e. The van der Waals surface area contributed by atoms with Crippen LogP contribution in [-0.4, -0.2) is 29.2 Å². The second-order valence-electron chi connectivity index (χ2n) is 6.90. The highest BCUT2D eigenvalue weighted by Crippen LogP contribution is 2.25. The third-order valence-electron chi connectivity index (χ3n) is 4.97. The standard InChI is InChI=1S/C24H17N3O3/c25-15-17-6-9-19(10-7-17)26-22(28)18-8-11-20-21(14-18)24(30)27(23(20)29)13-12-16-4-2-1-3-5-16/h1-11,14H,12-13H2,(H,26,28). The minimum absolute atomic E-state index is 0.237.